The van der Waals surface area contributed by atoms with Gasteiger partial charge in [-0.15, -0.1) is 0 Å². The Bertz CT molecular complexity index is 378. The minimum Gasteiger partial charge on any atom is -0.313 e. The van der Waals surface area contributed by atoms with Crippen molar-refractivity contribution in [2.45, 2.75) is 19.4 Å². The largest absolute Gasteiger partial charge is 0.313 e. The van der Waals surface area contributed by atoms with Gasteiger partial charge in [0.1, 0.15) is 5.82 Å². The third-order valence-corrected chi connectivity index (χ3v) is 3.00. The van der Waals surface area contributed by atoms with E-state index in [9.17, 15) is 9.18 Å². The molecule has 1 N–H and O–H groups in total. The molecule has 0 aromatic heterocycles. The van der Waals surface area contributed by atoms with Crippen LogP contribution in [0.4, 0.5) is 4.39 Å². The van der Waals surface area contributed by atoms with Crippen molar-refractivity contribution in [3.63, 3.8) is 0 Å². The van der Waals surface area contributed by atoms with Crippen molar-refractivity contribution in [2.24, 2.45) is 5.92 Å². The Kier molecular flexibility index (Phi) is 2.82. The molecule has 1 aromatic rings. The van der Waals surface area contributed by atoms with Crippen molar-refractivity contribution >= 4 is 5.78 Å². The summed E-state index contributed by atoms with van der Waals surface area (Å²) in [6, 6.07) is 6.34. The molecule has 1 aliphatic rings. The van der Waals surface area contributed by atoms with E-state index in [1.807, 2.05) is 6.92 Å². The van der Waals surface area contributed by atoms with E-state index in [4.69, 9.17) is 0 Å². The van der Waals surface area contributed by atoms with Crippen LogP contribution in [0.3, 0.4) is 0 Å². The quantitative estimate of drug-likeness (QED) is 0.751. The molecular weight excluding hydrogens is 193 g/mol. The molecule has 0 saturated carbocycles. The number of nitrogens with one attached hydrogen (secondary N) is 1. The monoisotopic (exact) mass is 207 g/mol. The molecule has 1 fully saturated rings. The number of carbonyl (C=O) groups is 1. The Balaban J connectivity index is 2.24. The summed E-state index contributed by atoms with van der Waals surface area (Å²) in [7, 11) is 0. The number of benzene rings is 1. The number of ketones is 1. The van der Waals surface area contributed by atoms with Crippen LogP contribution in [-0.2, 0) is 0 Å². The summed E-state index contributed by atoms with van der Waals surface area (Å²) < 4.78 is 13.4. The van der Waals surface area contributed by atoms with Crippen molar-refractivity contribution in [3.8, 4) is 0 Å². The van der Waals surface area contributed by atoms with E-state index in [0.717, 1.165) is 13.0 Å². The Labute approximate surface area is 88.5 Å². The molecule has 3 heteroatoms. The van der Waals surface area contributed by atoms with Crippen LogP contribution in [-0.4, -0.2) is 18.4 Å². The molecule has 0 spiro atoms. The normalized spacial score (nSPS) is 25.5. The second-order valence-corrected chi connectivity index (χ2v) is 3.98. The third kappa shape index (κ3) is 1.92. The summed E-state index contributed by atoms with van der Waals surface area (Å²) in [5.41, 5.74) is 0.220. The van der Waals surface area contributed by atoms with Crippen molar-refractivity contribution in [2.75, 3.05) is 6.54 Å². The highest BCUT2D eigenvalue weighted by atomic mass is 19.1. The maximum absolute atomic E-state index is 13.4. The molecular formula is C12H14FNO. The first-order valence-electron chi connectivity index (χ1n) is 5.22. The molecule has 1 saturated heterocycles. The lowest BCUT2D eigenvalue weighted by molar-refractivity contribution is 0.0910. The van der Waals surface area contributed by atoms with Crippen molar-refractivity contribution < 1.29 is 9.18 Å². The first-order valence-corrected chi connectivity index (χ1v) is 5.22. The lowest BCUT2D eigenvalue weighted by atomic mass is 9.92. The number of rotatable bonds is 2. The molecule has 0 amide bonds. The van der Waals surface area contributed by atoms with Crippen LogP contribution >= 0.6 is 0 Å². The molecule has 0 radical (unpaired) electrons. The summed E-state index contributed by atoms with van der Waals surface area (Å²) in [6.45, 7) is 2.81. The first-order chi connectivity index (χ1) is 7.20. The van der Waals surface area contributed by atoms with Gasteiger partial charge >= 0.3 is 0 Å². The molecule has 0 bridgehead atoms. The highest BCUT2D eigenvalue weighted by Crippen LogP contribution is 2.21. The molecule has 0 aliphatic carbocycles. The van der Waals surface area contributed by atoms with Crippen molar-refractivity contribution in [1.82, 2.24) is 5.32 Å². The Morgan fingerprint density at radius 3 is 2.80 bits per heavy atom. The summed E-state index contributed by atoms with van der Waals surface area (Å²) in [5, 5.41) is 3.20. The second kappa shape index (κ2) is 4.11. The van der Waals surface area contributed by atoms with E-state index in [2.05, 4.69) is 5.32 Å². The van der Waals surface area contributed by atoms with E-state index in [1.165, 1.54) is 6.07 Å². The van der Waals surface area contributed by atoms with Gasteiger partial charge in [0, 0.05) is 12.0 Å². The predicted molar refractivity (Wildman–Crippen MR) is 56.3 cm³/mol. The number of Topliss-reactive ketones (excluding diaryl/α,β-unsaturated/α-hetero) is 1. The topological polar surface area (TPSA) is 29.1 Å². The van der Waals surface area contributed by atoms with Gasteiger partial charge in [-0.3, -0.25) is 4.79 Å². The SMILES string of the molecule is CC1NCCC1C(=O)c1ccccc1F. The van der Waals surface area contributed by atoms with E-state index in [1.54, 1.807) is 18.2 Å². The van der Waals surface area contributed by atoms with Gasteiger partial charge < -0.3 is 5.32 Å². The summed E-state index contributed by atoms with van der Waals surface area (Å²) in [5.74, 6) is -0.575. The standard InChI is InChI=1S/C12H14FNO/c1-8-9(6-7-14-8)12(15)10-4-2-3-5-11(10)13/h2-5,8-9,14H,6-7H2,1H3. The summed E-state index contributed by atoms with van der Waals surface area (Å²) in [4.78, 5) is 12.0. The number of hydrogen-bond donors (Lipinski definition) is 1. The zero-order valence-corrected chi connectivity index (χ0v) is 8.66. The van der Waals surface area contributed by atoms with E-state index in [0.29, 0.717) is 0 Å². The fraction of sp³-hybridized carbons (Fsp3) is 0.417. The highest BCUT2D eigenvalue weighted by Gasteiger charge is 2.31. The average Bonchev–Trinajstić information content (AvgIpc) is 2.64. The van der Waals surface area contributed by atoms with Gasteiger partial charge in [0.15, 0.2) is 5.78 Å². The van der Waals surface area contributed by atoms with Crippen LogP contribution in [0.5, 0.6) is 0 Å². The van der Waals surface area contributed by atoms with Gasteiger partial charge in [-0.05, 0) is 32.0 Å². The van der Waals surface area contributed by atoms with E-state index < -0.39 is 5.82 Å². The van der Waals surface area contributed by atoms with Crippen LogP contribution in [0.1, 0.15) is 23.7 Å². The fourth-order valence-electron chi connectivity index (χ4n) is 2.08. The molecule has 2 nitrogen and oxygen atoms in total. The Morgan fingerprint density at radius 1 is 1.47 bits per heavy atom. The average molecular weight is 207 g/mol. The zero-order valence-electron chi connectivity index (χ0n) is 8.66. The maximum atomic E-state index is 13.4. The number of carbonyl (C=O) groups excluding carboxylic acids is 1. The lowest BCUT2D eigenvalue weighted by Crippen LogP contribution is -2.28. The smallest absolute Gasteiger partial charge is 0.170 e. The Morgan fingerprint density at radius 2 is 2.20 bits per heavy atom. The van der Waals surface area contributed by atoms with Crippen LogP contribution in [0.15, 0.2) is 24.3 Å². The molecule has 15 heavy (non-hydrogen) atoms. The van der Waals surface area contributed by atoms with Gasteiger partial charge in [-0.1, -0.05) is 12.1 Å². The van der Waals surface area contributed by atoms with Crippen LogP contribution in [0, 0.1) is 11.7 Å². The number of hydrogen-bond acceptors (Lipinski definition) is 2. The van der Waals surface area contributed by atoms with Crippen LogP contribution < -0.4 is 5.32 Å². The molecule has 80 valence electrons. The minimum absolute atomic E-state index is 0.0781. The van der Waals surface area contributed by atoms with Crippen molar-refractivity contribution in [1.29, 1.82) is 0 Å². The fourth-order valence-corrected chi connectivity index (χ4v) is 2.08. The third-order valence-electron chi connectivity index (χ3n) is 3.00. The first kappa shape index (κ1) is 10.3. The van der Waals surface area contributed by atoms with Crippen molar-refractivity contribution in [3.05, 3.63) is 35.6 Å². The van der Waals surface area contributed by atoms with Gasteiger partial charge in [0.2, 0.25) is 0 Å². The maximum Gasteiger partial charge on any atom is 0.170 e. The van der Waals surface area contributed by atoms with E-state index in [-0.39, 0.29) is 23.3 Å². The minimum atomic E-state index is -0.415. The molecule has 2 unspecified atom stereocenters. The summed E-state index contributed by atoms with van der Waals surface area (Å²) >= 11 is 0. The number of halogens is 1. The molecule has 2 atom stereocenters. The van der Waals surface area contributed by atoms with Gasteiger partial charge in [-0.2, -0.15) is 0 Å². The van der Waals surface area contributed by atoms with Crippen LogP contribution in [0.2, 0.25) is 0 Å². The predicted octanol–water partition coefficient (Wildman–Crippen LogP) is 2.01. The molecule has 1 aliphatic heterocycles. The van der Waals surface area contributed by atoms with Gasteiger partial charge in [-0.25, -0.2) is 4.39 Å². The summed E-state index contributed by atoms with van der Waals surface area (Å²) in [6.07, 6.45) is 0.800. The van der Waals surface area contributed by atoms with Gasteiger partial charge in [0.05, 0.1) is 5.56 Å². The zero-order chi connectivity index (χ0) is 10.8. The lowest BCUT2D eigenvalue weighted by Gasteiger charge is -2.13. The molecule has 1 heterocycles. The molecule has 2 rings (SSSR count). The second-order valence-electron chi connectivity index (χ2n) is 3.98. The highest BCUT2D eigenvalue weighted by molar-refractivity contribution is 5.98. The van der Waals surface area contributed by atoms with Gasteiger partial charge in [0.25, 0.3) is 0 Å². The van der Waals surface area contributed by atoms with E-state index >= 15 is 0 Å². The molecule has 1 aromatic carbocycles. The Hall–Kier alpha value is -1.22. The van der Waals surface area contributed by atoms with Crippen LogP contribution in [0.25, 0.3) is 0 Å².